The Bertz CT molecular complexity index is 451. The molecule has 2 heterocycles. The van der Waals surface area contributed by atoms with Crippen molar-refractivity contribution in [2.45, 2.75) is 31.3 Å². The highest BCUT2D eigenvalue weighted by molar-refractivity contribution is 9.10. The third-order valence-corrected chi connectivity index (χ3v) is 5.26. The molecule has 4 heteroatoms. The number of hydrogen-bond donors (Lipinski definition) is 1. The minimum absolute atomic E-state index is 0.358. The van der Waals surface area contributed by atoms with E-state index in [9.17, 15) is 0 Å². The van der Waals surface area contributed by atoms with E-state index in [2.05, 4.69) is 50.0 Å². The first kappa shape index (κ1) is 14.5. The monoisotopic (exact) mass is 337 g/mol. The van der Waals surface area contributed by atoms with Crippen molar-refractivity contribution in [3.05, 3.63) is 34.3 Å². The minimum atomic E-state index is 0.358. The molecule has 1 aromatic carbocycles. The quantitative estimate of drug-likeness (QED) is 0.920. The van der Waals surface area contributed by atoms with E-state index >= 15 is 0 Å². The van der Waals surface area contributed by atoms with Crippen LogP contribution in [0.15, 0.2) is 28.7 Å². The van der Waals surface area contributed by atoms with Crippen molar-refractivity contribution in [3.8, 4) is 0 Å². The van der Waals surface area contributed by atoms with Gasteiger partial charge in [-0.25, -0.2) is 0 Å². The number of nitrogens with two attached hydrogens (primary N) is 1. The number of halogens is 1. The van der Waals surface area contributed by atoms with E-state index in [0.717, 1.165) is 17.1 Å². The van der Waals surface area contributed by atoms with Gasteiger partial charge in [-0.15, -0.1) is 0 Å². The Hall–Kier alpha value is -0.420. The van der Waals surface area contributed by atoms with E-state index in [0.29, 0.717) is 12.6 Å². The first-order valence-corrected chi connectivity index (χ1v) is 8.51. The molecular weight excluding hydrogens is 314 g/mol. The summed E-state index contributed by atoms with van der Waals surface area (Å²) in [4.78, 5) is 5.27. The Kier molecular flexibility index (Phi) is 4.76. The number of rotatable bonds is 3. The minimum Gasteiger partial charge on any atom is -0.329 e. The van der Waals surface area contributed by atoms with Crippen molar-refractivity contribution < 1.29 is 0 Å². The molecule has 0 saturated carbocycles. The van der Waals surface area contributed by atoms with Crippen molar-refractivity contribution in [2.75, 3.05) is 32.7 Å². The zero-order chi connectivity index (χ0) is 13.9. The van der Waals surface area contributed by atoms with Crippen LogP contribution in [-0.2, 0) is 0 Å². The molecule has 110 valence electrons. The van der Waals surface area contributed by atoms with Crippen LogP contribution in [0, 0.1) is 0 Å². The summed E-state index contributed by atoms with van der Waals surface area (Å²) in [6, 6.07) is 9.71. The maximum atomic E-state index is 6.08. The Morgan fingerprint density at radius 1 is 1.25 bits per heavy atom. The summed E-state index contributed by atoms with van der Waals surface area (Å²) >= 11 is 3.57. The lowest BCUT2D eigenvalue weighted by molar-refractivity contribution is 0.0286. The molecule has 1 aromatic rings. The maximum absolute atomic E-state index is 6.08. The van der Waals surface area contributed by atoms with Gasteiger partial charge < -0.3 is 5.73 Å². The number of benzene rings is 1. The fourth-order valence-electron chi connectivity index (χ4n) is 3.67. The second-order valence-electron chi connectivity index (χ2n) is 5.99. The molecule has 2 fully saturated rings. The summed E-state index contributed by atoms with van der Waals surface area (Å²) in [6.45, 7) is 5.51. The van der Waals surface area contributed by atoms with Gasteiger partial charge in [0.15, 0.2) is 0 Å². The van der Waals surface area contributed by atoms with Crippen molar-refractivity contribution in [3.63, 3.8) is 0 Å². The van der Waals surface area contributed by atoms with Crippen LogP contribution in [0.2, 0.25) is 0 Å². The molecule has 20 heavy (non-hydrogen) atoms. The van der Waals surface area contributed by atoms with Gasteiger partial charge in [-0.05, 0) is 37.1 Å². The van der Waals surface area contributed by atoms with Gasteiger partial charge in [0, 0.05) is 42.7 Å². The Balaban J connectivity index is 1.73. The van der Waals surface area contributed by atoms with Crippen LogP contribution in [0.25, 0.3) is 0 Å². The molecule has 0 aromatic heterocycles. The maximum Gasteiger partial charge on any atom is 0.0472 e. The highest BCUT2D eigenvalue weighted by Crippen LogP contribution is 2.28. The van der Waals surface area contributed by atoms with Crippen LogP contribution >= 0.6 is 15.9 Å². The second-order valence-corrected chi connectivity index (χ2v) is 6.90. The second kappa shape index (κ2) is 6.56. The van der Waals surface area contributed by atoms with Crippen LogP contribution in [0.1, 0.15) is 30.9 Å². The fourth-order valence-corrected chi connectivity index (χ4v) is 4.09. The topological polar surface area (TPSA) is 32.5 Å². The molecule has 0 aliphatic carbocycles. The molecular formula is C16H24BrN3. The van der Waals surface area contributed by atoms with Gasteiger partial charge in [0.05, 0.1) is 0 Å². The summed E-state index contributed by atoms with van der Waals surface area (Å²) < 4.78 is 1.14. The number of fused-ring (bicyclic) bond motifs is 1. The van der Waals surface area contributed by atoms with Gasteiger partial charge in [-0.3, -0.25) is 9.80 Å². The molecule has 2 unspecified atom stereocenters. The van der Waals surface area contributed by atoms with E-state index in [1.165, 1.54) is 44.5 Å². The standard InChI is InChI=1S/C16H24BrN3/c17-14-5-3-4-13(10-14)16(11-18)20-9-8-19-7-2-1-6-15(19)12-20/h3-5,10,15-16H,1-2,6-9,11-12,18H2. The molecule has 0 bridgehead atoms. The Labute approximate surface area is 130 Å². The third-order valence-electron chi connectivity index (χ3n) is 4.77. The molecule has 2 aliphatic rings. The highest BCUT2D eigenvalue weighted by atomic mass is 79.9. The average Bonchev–Trinajstić information content (AvgIpc) is 2.48. The summed E-state index contributed by atoms with van der Waals surface area (Å²) in [5, 5.41) is 0. The van der Waals surface area contributed by atoms with Crippen molar-refractivity contribution in [1.29, 1.82) is 0 Å². The van der Waals surface area contributed by atoms with Crippen LogP contribution in [0.4, 0.5) is 0 Å². The van der Waals surface area contributed by atoms with Gasteiger partial charge in [0.25, 0.3) is 0 Å². The first-order valence-electron chi connectivity index (χ1n) is 7.71. The largest absolute Gasteiger partial charge is 0.329 e. The zero-order valence-corrected chi connectivity index (χ0v) is 13.6. The van der Waals surface area contributed by atoms with Gasteiger partial charge in [-0.2, -0.15) is 0 Å². The number of piperazine rings is 1. The summed E-state index contributed by atoms with van der Waals surface area (Å²) in [5.74, 6) is 0. The fraction of sp³-hybridized carbons (Fsp3) is 0.625. The predicted octanol–water partition coefficient (Wildman–Crippen LogP) is 2.62. The normalized spacial score (nSPS) is 26.2. The summed E-state index contributed by atoms with van der Waals surface area (Å²) in [5.41, 5.74) is 7.42. The number of nitrogens with zero attached hydrogens (tertiary/aromatic N) is 2. The predicted molar refractivity (Wildman–Crippen MR) is 86.7 cm³/mol. The Morgan fingerprint density at radius 2 is 2.15 bits per heavy atom. The van der Waals surface area contributed by atoms with Crippen molar-refractivity contribution in [2.24, 2.45) is 5.73 Å². The lowest BCUT2D eigenvalue weighted by Gasteiger charge is -2.46. The highest BCUT2D eigenvalue weighted by Gasteiger charge is 2.32. The van der Waals surface area contributed by atoms with Crippen LogP contribution < -0.4 is 5.73 Å². The molecule has 0 amide bonds. The van der Waals surface area contributed by atoms with Gasteiger partial charge in [0.2, 0.25) is 0 Å². The van der Waals surface area contributed by atoms with Crippen LogP contribution in [-0.4, -0.2) is 48.6 Å². The molecule has 0 radical (unpaired) electrons. The zero-order valence-electron chi connectivity index (χ0n) is 12.0. The molecule has 2 aliphatic heterocycles. The number of hydrogen-bond acceptors (Lipinski definition) is 3. The summed E-state index contributed by atoms with van der Waals surface area (Å²) in [6.07, 6.45) is 4.12. The van der Waals surface area contributed by atoms with Gasteiger partial charge in [0.1, 0.15) is 0 Å². The lowest BCUT2D eigenvalue weighted by atomic mass is 9.97. The molecule has 0 spiro atoms. The summed E-state index contributed by atoms with van der Waals surface area (Å²) in [7, 11) is 0. The average molecular weight is 338 g/mol. The molecule has 2 atom stereocenters. The number of piperidine rings is 1. The first-order chi connectivity index (χ1) is 9.78. The smallest absolute Gasteiger partial charge is 0.0472 e. The molecule has 2 saturated heterocycles. The lowest BCUT2D eigenvalue weighted by Crippen LogP contribution is -2.56. The van der Waals surface area contributed by atoms with Crippen molar-refractivity contribution >= 4 is 15.9 Å². The van der Waals surface area contributed by atoms with Gasteiger partial charge in [-0.1, -0.05) is 34.5 Å². The van der Waals surface area contributed by atoms with Crippen LogP contribution in [0.3, 0.4) is 0 Å². The SMILES string of the molecule is NCC(c1cccc(Br)c1)N1CCN2CCCCC2C1. The molecule has 3 nitrogen and oxygen atoms in total. The van der Waals surface area contributed by atoms with Crippen LogP contribution in [0.5, 0.6) is 0 Å². The molecule has 3 rings (SSSR count). The Morgan fingerprint density at radius 3 is 2.95 bits per heavy atom. The van der Waals surface area contributed by atoms with E-state index < -0.39 is 0 Å². The van der Waals surface area contributed by atoms with E-state index in [-0.39, 0.29) is 0 Å². The van der Waals surface area contributed by atoms with Crippen molar-refractivity contribution in [1.82, 2.24) is 9.80 Å². The third kappa shape index (κ3) is 3.08. The molecule has 2 N–H and O–H groups in total. The van der Waals surface area contributed by atoms with Gasteiger partial charge >= 0.3 is 0 Å². The van der Waals surface area contributed by atoms with E-state index in [1.807, 2.05) is 0 Å². The van der Waals surface area contributed by atoms with E-state index in [4.69, 9.17) is 5.73 Å². The van der Waals surface area contributed by atoms with E-state index in [1.54, 1.807) is 0 Å².